The zero-order chi connectivity index (χ0) is 15.2. The normalized spacial score (nSPS) is 28.5. The van der Waals surface area contributed by atoms with E-state index in [4.69, 9.17) is 0 Å². The third kappa shape index (κ3) is 2.22. The van der Waals surface area contributed by atoms with Crippen LogP contribution in [0, 0.1) is 5.82 Å². The summed E-state index contributed by atoms with van der Waals surface area (Å²) in [5.74, 6) is -1.21. The average Bonchev–Trinajstić information content (AvgIpc) is 2.41. The highest BCUT2D eigenvalue weighted by Crippen LogP contribution is 2.33. The molecule has 1 heterocycles. The Morgan fingerprint density at radius 3 is 2.40 bits per heavy atom. The first-order valence-corrected chi connectivity index (χ1v) is 8.05. The van der Waals surface area contributed by atoms with Crippen LogP contribution in [0.5, 0.6) is 0 Å². The van der Waals surface area contributed by atoms with Gasteiger partial charge in [-0.15, -0.1) is 0 Å². The quantitative estimate of drug-likeness (QED) is 0.859. The molecule has 0 bridgehead atoms. The minimum Gasteiger partial charge on any atom is -0.345 e. The van der Waals surface area contributed by atoms with Crippen molar-refractivity contribution in [3.63, 3.8) is 0 Å². The van der Waals surface area contributed by atoms with E-state index in [-0.39, 0.29) is 12.2 Å². The number of carbonyl (C=O) groups is 1. The maximum atomic E-state index is 14.0. The SMILES string of the molecule is CC1(c2ccccc2F)CCS(=O)(=O)C(C)(C)C(=O)N1. The van der Waals surface area contributed by atoms with Gasteiger partial charge in [0.2, 0.25) is 5.91 Å². The molecular weight excluding hydrogens is 281 g/mol. The molecule has 1 fully saturated rings. The minimum absolute atomic E-state index is 0.144. The van der Waals surface area contributed by atoms with Crippen LogP contribution in [-0.2, 0) is 20.2 Å². The number of benzene rings is 1. The van der Waals surface area contributed by atoms with Crippen molar-refractivity contribution < 1.29 is 17.6 Å². The molecule has 1 atom stereocenters. The Labute approximate surface area is 118 Å². The fraction of sp³-hybridized carbons (Fsp3) is 0.500. The van der Waals surface area contributed by atoms with Crippen molar-refractivity contribution in [3.8, 4) is 0 Å². The molecule has 2 rings (SSSR count). The summed E-state index contributed by atoms with van der Waals surface area (Å²) in [6.45, 7) is 4.41. The van der Waals surface area contributed by atoms with E-state index in [0.29, 0.717) is 5.56 Å². The van der Waals surface area contributed by atoms with Crippen LogP contribution in [0.15, 0.2) is 24.3 Å². The van der Waals surface area contributed by atoms with E-state index in [1.54, 1.807) is 25.1 Å². The molecule has 0 radical (unpaired) electrons. The topological polar surface area (TPSA) is 63.2 Å². The molecule has 1 N–H and O–H groups in total. The molecule has 0 aliphatic carbocycles. The Hall–Kier alpha value is -1.43. The predicted octanol–water partition coefficient (Wildman–Crippen LogP) is 1.75. The molecule has 6 heteroatoms. The number of carbonyl (C=O) groups excluding carboxylic acids is 1. The summed E-state index contributed by atoms with van der Waals surface area (Å²) >= 11 is 0. The molecule has 1 aliphatic rings. The van der Waals surface area contributed by atoms with Crippen molar-refractivity contribution in [2.75, 3.05) is 5.75 Å². The number of nitrogens with one attached hydrogen (secondary N) is 1. The molecule has 110 valence electrons. The van der Waals surface area contributed by atoms with Gasteiger partial charge >= 0.3 is 0 Å². The van der Waals surface area contributed by atoms with Crippen LogP contribution in [0.4, 0.5) is 4.39 Å². The summed E-state index contributed by atoms with van der Waals surface area (Å²) in [5.41, 5.74) is -0.718. The molecule has 1 aromatic carbocycles. The van der Waals surface area contributed by atoms with Gasteiger partial charge in [-0.05, 0) is 33.3 Å². The van der Waals surface area contributed by atoms with Crippen molar-refractivity contribution in [1.82, 2.24) is 5.32 Å². The number of rotatable bonds is 1. The molecule has 0 saturated carbocycles. The highest BCUT2D eigenvalue weighted by atomic mass is 32.2. The van der Waals surface area contributed by atoms with Crippen LogP contribution in [-0.4, -0.2) is 24.8 Å². The summed E-state index contributed by atoms with van der Waals surface area (Å²) in [7, 11) is -3.57. The van der Waals surface area contributed by atoms with Gasteiger partial charge < -0.3 is 5.32 Å². The number of hydrogen-bond donors (Lipinski definition) is 1. The summed E-state index contributed by atoms with van der Waals surface area (Å²) in [5, 5.41) is 2.70. The number of halogens is 1. The van der Waals surface area contributed by atoms with E-state index in [2.05, 4.69) is 5.32 Å². The second kappa shape index (κ2) is 4.55. The number of hydrogen-bond acceptors (Lipinski definition) is 3. The van der Waals surface area contributed by atoms with E-state index in [0.717, 1.165) is 0 Å². The third-order valence-electron chi connectivity index (χ3n) is 4.05. The van der Waals surface area contributed by atoms with Crippen molar-refractivity contribution in [2.24, 2.45) is 0 Å². The maximum Gasteiger partial charge on any atom is 0.241 e. The zero-order valence-electron chi connectivity index (χ0n) is 11.7. The van der Waals surface area contributed by atoms with Gasteiger partial charge in [-0.3, -0.25) is 4.79 Å². The Kier molecular flexibility index (Phi) is 3.40. The standard InChI is InChI=1S/C14H18FNO3S/c1-13(2)12(17)16-14(3,8-9-20(13,18)19)10-6-4-5-7-11(10)15/h4-7H,8-9H2,1-3H3,(H,16,17). The number of amides is 1. The highest BCUT2D eigenvalue weighted by Gasteiger charge is 2.48. The lowest BCUT2D eigenvalue weighted by atomic mass is 9.88. The number of sulfone groups is 1. The molecule has 1 aromatic rings. The van der Waals surface area contributed by atoms with Crippen molar-refractivity contribution in [2.45, 2.75) is 37.5 Å². The average molecular weight is 299 g/mol. The predicted molar refractivity (Wildman–Crippen MR) is 74.4 cm³/mol. The fourth-order valence-corrected chi connectivity index (χ4v) is 3.83. The summed E-state index contributed by atoms with van der Waals surface area (Å²) < 4.78 is 36.8. The largest absolute Gasteiger partial charge is 0.345 e. The first kappa shape index (κ1) is 15.0. The van der Waals surface area contributed by atoms with Crippen LogP contribution in [0.25, 0.3) is 0 Å². The molecule has 4 nitrogen and oxygen atoms in total. The summed E-state index contributed by atoms with van der Waals surface area (Å²) in [4.78, 5) is 12.2. The molecule has 1 saturated heterocycles. The van der Waals surface area contributed by atoms with Crippen molar-refractivity contribution in [3.05, 3.63) is 35.6 Å². The zero-order valence-corrected chi connectivity index (χ0v) is 12.6. The van der Waals surface area contributed by atoms with Crippen LogP contribution in [0.1, 0.15) is 32.8 Å². The summed E-state index contributed by atoms with van der Waals surface area (Å²) in [6, 6.07) is 6.10. The maximum absolute atomic E-state index is 14.0. The molecule has 0 aromatic heterocycles. The second-order valence-electron chi connectivity index (χ2n) is 5.85. The van der Waals surface area contributed by atoms with Crippen LogP contribution in [0.3, 0.4) is 0 Å². The van der Waals surface area contributed by atoms with Crippen molar-refractivity contribution >= 4 is 15.7 Å². The first-order valence-electron chi connectivity index (χ1n) is 6.40. The van der Waals surface area contributed by atoms with Gasteiger partial charge in [-0.1, -0.05) is 18.2 Å². The van der Waals surface area contributed by atoms with E-state index >= 15 is 0 Å². The molecular formula is C14H18FNO3S. The van der Waals surface area contributed by atoms with E-state index in [1.165, 1.54) is 19.9 Å². The lowest BCUT2D eigenvalue weighted by Crippen LogP contribution is -2.51. The second-order valence-corrected chi connectivity index (χ2v) is 8.50. The smallest absolute Gasteiger partial charge is 0.241 e. The van der Waals surface area contributed by atoms with Gasteiger partial charge in [0.05, 0.1) is 11.3 Å². The van der Waals surface area contributed by atoms with Gasteiger partial charge in [0.25, 0.3) is 0 Å². The Bertz CT molecular complexity index is 654. The van der Waals surface area contributed by atoms with Crippen LogP contribution < -0.4 is 5.32 Å². The molecule has 20 heavy (non-hydrogen) atoms. The molecule has 1 amide bonds. The van der Waals surface area contributed by atoms with Crippen molar-refractivity contribution in [1.29, 1.82) is 0 Å². The van der Waals surface area contributed by atoms with Gasteiger partial charge in [0.1, 0.15) is 10.6 Å². The van der Waals surface area contributed by atoms with E-state index in [1.807, 2.05) is 0 Å². The molecule has 0 spiro atoms. The Morgan fingerprint density at radius 1 is 1.20 bits per heavy atom. The summed E-state index contributed by atoms with van der Waals surface area (Å²) in [6.07, 6.45) is 0.144. The Balaban J connectivity index is 2.52. The third-order valence-corrected chi connectivity index (χ3v) is 6.53. The minimum atomic E-state index is -3.57. The lowest BCUT2D eigenvalue weighted by molar-refractivity contribution is -0.124. The van der Waals surface area contributed by atoms with Gasteiger partial charge in [-0.2, -0.15) is 0 Å². The van der Waals surface area contributed by atoms with Gasteiger partial charge in [0.15, 0.2) is 9.84 Å². The van der Waals surface area contributed by atoms with E-state index in [9.17, 15) is 17.6 Å². The van der Waals surface area contributed by atoms with E-state index < -0.39 is 31.8 Å². The monoisotopic (exact) mass is 299 g/mol. The fourth-order valence-electron chi connectivity index (χ4n) is 2.31. The van der Waals surface area contributed by atoms with Gasteiger partial charge in [0, 0.05) is 5.56 Å². The first-order chi connectivity index (χ1) is 9.10. The highest BCUT2D eigenvalue weighted by molar-refractivity contribution is 7.93. The Morgan fingerprint density at radius 2 is 1.80 bits per heavy atom. The van der Waals surface area contributed by atoms with Crippen LogP contribution in [0.2, 0.25) is 0 Å². The molecule has 1 aliphatic heterocycles. The van der Waals surface area contributed by atoms with Crippen LogP contribution >= 0.6 is 0 Å². The lowest BCUT2D eigenvalue weighted by Gasteiger charge is -2.30. The molecule has 1 unspecified atom stereocenters. The van der Waals surface area contributed by atoms with Gasteiger partial charge in [-0.25, -0.2) is 12.8 Å².